The van der Waals surface area contributed by atoms with Crippen molar-refractivity contribution in [2.45, 2.75) is 31.1 Å². The van der Waals surface area contributed by atoms with Gasteiger partial charge in [0.15, 0.2) is 6.61 Å². The van der Waals surface area contributed by atoms with Gasteiger partial charge in [0.05, 0.1) is 11.4 Å². The molecule has 0 aromatic heterocycles. The molecule has 0 aliphatic rings. The van der Waals surface area contributed by atoms with Gasteiger partial charge < -0.3 is 15.8 Å². The number of primary amides is 1. The van der Waals surface area contributed by atoms with E-state index >= 15 is 0 Å². The first-order valence-corrected chi connectivity index (χ1v) is 9.51. The van der Waals surface area contributed by atoms with Crippen molar-refractivity contribution in [3.63, 3.8) is 0 Å². The first-order valence-electron chi connectivity index (χ1n) is 8.53. The Morgan fingerprint density at radius 2 is 1.85 bits per heavy atom. The molecule has 6 heteroatoms. The number of carbonyl (C=O) groups is 2. The number of ether oxygens (including phenoxy) is 1. The molecule has 2 aromatic carbocycles. The van der Waals surface area contributed by atoms with Crippen LogP contribution in [0.1, 0.15) is 31.7 Å². The van der Waals surface area contributed by atoms with Gasteiger partial charge >= 0.3 is 0 Å². The maximum atomic E-state index is 12.3. The molecule has 0 bridgehead atoms. The van der Waals surface area contributed by atoms with Crippen LogP contribution in [-0.2, 0) is 9.59 Å². The molecule has 0 spiro atoms. The number of nitrogens with two attached hydrogens (primary N) is 1. The molecule has 0 radical (unpaired) electrons. The van der Waals surface area contributed by atoms with Crippen molar-refractivity contribution in [1.29, 1.82) is 0 Å². The Morgan fingerprint density at radius 3 is 2.58 bits per heavy atom. The second-order valence-corrected chi connectivity index (χ2v) is 6.95. The Bertz CT molecular complexity index is 764. The minimum Gasteiger partial charge on any atom is -0.483 e. The normalized spacial score (nSPS) is 11.6. The van der Waals surface area contributed by atoms with Gasteiger partial charge in [-0.2, -0.15) is 0 Å². The number of para-hydroxylation sites is 2. The second-order valence-electron chi connectivity index (χ2n) is 5.94. The Balaban J connectivity index is 1.99. The van der Waals surface area contributed by atoms with Gasteiger partial charge in [0.1, 0.15) is 5.75 Å². The molecule has 1 atom stereocenters. The standard InChI is InChI=1S/C20H24N2O3S/c1-3-14(2)15-8-4-6-10-17(15)25-12-20(24)22-16-9-5-7-11-18(16)26-13-19(21)23/h4-11,14H,3,12-13H2,1-2H3,(H2,21,23)(H,22,24). The lowest BCUT2D eigenvalue weighted by atomic mass is 9.98. The van der Waals surface area contributed by atoms with Gasteiger partial charge in [-0.05, 0) is 36.1 Å². The number of carbonyl (C=O) groups excluding carboxylic acids is 2. The van der Waals surface area contributed by atoms with E-state index in [1.165, 1.54) is 11.8 Å². The molecule has 0 aliphatic heterocycles. The average Bonchev–Trinajstić information content (AvgIpc) is 2.65. The highest BCUT2D eigenvalue weighted by Crippen LogP contribution is 2.29. The fraction of sp³-hybridized carbons (Fsp3) is 0.300. The van der Waals surface area contributed by atoms with Crippen LogP contribution in [0.15, 0.2) is 53.4 Å². The topological polar surface area (TPSA) is 81.4 Å². The number of nitrogens with one attached hydrogen (secondary N) is 1. The summed E-state index contributed by atoms with van der Waals surface area (Å²) in [5.41, 5.74) is 6.93. The van der Waals surface area contributed by atoms with Crippen molar-refractivity contribution in [1.82, 2.24) is 0 Å². The summed E-state index contributed by atoms with van der Waals surface area (Å²) in [5, 5.41) is 2.83. The van der Waals surface area contributed by atoms with E-state index in [1.807, 2.05) is 42.5 Å². The third-order valence-electron chi connectivity index (χ3n) is 3.95. The Kier molecular flexibility index (Phi) is 7.53. The highest BCUT2D eigenvalue weighted by molar-refractivity contribution is 8.00. The summed E-state index contributed by atoms with van der Waals surface area (Å²) in [6.07, 6.45) is 0.997. The highest BCUT2D eigenvalue weighted by atomic mass is 32.2. The third-order valence-corrected chi connectivity index (χ3v) is 5.05. The lowest BCUT2D eigenvalue weighted by Gasteiger charge is -2.16. The van der Waals surface area contributed by atoms with Gasteiger partial charge in [-0.15, -0.1) is 11.8 Å². The molecule has 0 aliphatic carbocycles. The largest absolute Gasteiger partial charge is 0.483 e. The van der Waals surface area contributed by atoms with Crippen LogP contribution in [0, 0.1) is 0 Å². The molecular formula is C20H24N2O3S. The molecule has 1 unspecified atom stereocenters. The third kappa shape index (κ3) is 5.81. The predicted octanol–water partition coefficient (Wildman–Crippen LogP) is 3.80. The van der Waals surface area contributed by atoms with Crippen LogP contribution in [0.3, 0.4) is 0 Å². The minimum atomic E-state index is -0.402. The molecule has 0 fully saturated rings. The second kappa shape index (κ2) is 9.87. The summed E-state index contributed by atoms with van der Waals surface area (Å²) < 4.78 is 5.74. The number of anilines is 1. The van der Waals surface area contributed by atoms with E-state index in [4.69, 9.17) is 10.5 Å². The zero-order valence-corrected chi connectivity index (χ0v) is 15.8. The first-order chi connectivity index (χ1) is 12.5. The van der Waals surface area contributed by atoms with Gasteiger partial charge in [-0.1, -0.05) is 44.2 Å². The maximum Gasteiger partial charge on any atom is 0.262 e. The number of rotatable bonds is 9. The predicted molar refractivity (Wildman–Crippen MR) is 106 cm³/mol. The molecule has 2 aromatic rings. The smallest absolute Gasteiger partial charge is 0.262 e. The lowest BCUT2D eigenvalue weighted by molar-refractivity contribution is -0.118. The number of hydrogen-bond donors (Lipinski definition) is 2. The maximum absolute atomic E-state index is 12.3. The molecule has 138 valence electrons. The van der Waals surface area contributed by atoms with E-state index in [9.17, 15) is 9.59 Å². The van der Waals surface area contributed by atoms with Crippen molar-refractivity contribution in [2.24, 2.45) is 5.73 Å². The Morgan fingerprint density at radius 1 is 1.15 bits per heavy atom. The van der Waals surface area contributed by atoms with Crippen molar-refractivity contribution in [3.8, 4) is 5.75 Å². The molecule has 0 saturated heterocycles. The van der Waals surface area contributed by atoms with Crippen LogP contribution in [0.4, 0.5) is 5.69 Å². The quantitative estimate of drug-likeness (QED) is 0.656. The number of hydrogen-bond acceptors (Lipinski definition) is 4. The minimum absolute atomic E-state index is 0.0811. The summed E-state index contributed by atoms with van der Waals surface area (Å²) in [6.45, 7) is 4.17. The number of amides is 2. The van der Waals surface area contributed by atoms with Crippen molar-refractivity contribution >= 4 is 29.3 Å². The molecule has 26 heavy (non-hydrogen) atoms. The Hall–Kier alpha value is -2.47. The summed E-state index contributed by atoms with van der Waals surface area (Å²) in [7, 11) is 0. The SMILES string of the molecule is CCC(C)c1ccccc1OCC(=O)Nc1ccccc1SCC(N)=O. The monoisotopic (exact) mass is 372 g/mol. The van der Waals surface area contributed by atoms with Gasteiger partial charge in [0.25, 0.3) is 5.91 Å². The molecule has 0 saturated carbocycles. The molecule has 3 N–H and O–H groups in total. The zero-order chi connectivity index (χ0) is 18.9. The van der Waals surface area contributed by atoms with E-state index in [2.05, 4.69) is 19.2 Å². The van der Waals surface area contributed by atoms with Gasteiger partial charge in [0.2, 0.25) is 5.91 Å². The van der Waals surface area contributed by atoms with E-state index in [0.717, 1.165) is 22.6 Å². The lowest BCUT2D eigenvalue weighted by Crippen LogP contribution is -2.21. The Labute approximate surface area is 158 Å². The van der Waals surface area contributed by atoms with Crippen molar-refractivity contribution < 1.29 is 14.3 Å². The number of benzene rings is 2. The van der Waals surface area contributed by atoms with Crippen LogP contribution in [0.25, 0.3) is 0 Å². The van der Waals surface area contributed by atoms with Gasteiger partial charge in [-0.3, -0.25) is 9.59 Å². The van der Waals surface area contributed by atoms with E-state index in [-0.39, 0.29) is 18.3 Å². The van der Waals surface area contributed by atoms with Crippen LogP contribution < -0.4 is 15.8 Å². The fourth-order valence-electron chi connectivity index (χ4n) is 2.41. The van der Waals surface area contributed by atoms with Crippen LogP contribution in [0.2, 0.25) is 0 Å². The molecule has 2 rings (SSSR count). The summed E-state index contributed by atoms with van der Waals surface area (Å²) in [6, 6.07) is 15.1. The summed E-state index contributed by atoms with van der Waals surface area (Å²) in [5.74, 6) is 0.594. The zero-order valence-electron chi connectivity index (χ0n) is 15.0. The fourth-order valence-corrected chi connectivity index (χ4v) is 3.16. The molecule has 0 heterocycles. The highest BCUT2D eigenvalue weighted by Gasteiger charge is 2.12. The van der Waals surface area contributed by atoms with Crippen LogP contribution >= 0.6 is 11.8 Å². The van der Waals surface area contributed by atoms with Crippen molar-refractivity contribution in [3.05, 3.63) is 54.1 Å². The molecular weight excluding hydrogens is 348 g/mol. The number of thioether (sulfide) groups is 1. The molecule has 5 nitrogen and oxygen atoms in total. The van der Waals surface area contributed by atoms with E-state index in [1.54, 1.807) is 6.07 Å². The van der Waals surface area contributed by atoms with Crippen molar-refractivity contribution in [2.75, 3.05) is 17.7 Å². The summed E-state index contributed by atoms with van der Waals surface area (Å²) in [4.78, 5) is 24.1. The molecule has 2 amide bonds. The van der Waals surface area contributed by atoms with Gasteiger partial charge in [-0.25, -0.2) is 0 Å². The van der Waals surface area contributed by atoms with Crippen LogP contribution in [0.5, 0.6) is 5.75 Å². The van der Waals surface area contributed by atoms with E-state index in [0.29, 0.717) is 11.6 Å². The van der Waals surface area contributed by atoms with Crippen LogP contribution in [-0.4, -0.2) is 24.2 Å². The first kappa shape index (κ1) is 19.8. The average molecular weight is 372 g/mol. The van der Waals surface area contributed by atoms with E-state index < -0.39 is 5.91 Å². The van der Waals surface area contributed by atoms with Gasteiger partial charge in [0, 0.05) is 4.90 Å². The summed E-state index contributed by atoms with van der Waals surface area (Å²) >= 11 is 1.29.